The first-order valence-electron chi connectivity index (χ1n) is 3.36. The Morgan fingerprint density at radius 1 is 1.56 bits per heavy atom. The number of hydrogen-bond acceptors (Lipinski definition) is 2. The largest absolute Gasteiger partial charge is 0.314 e. The highest BCUT2D eigenvalue weighted by atomic mass is 35.5. The minimum absolute atomic E-state index is 0.406. The van der Waals surface area contributed by atoms with Crippen LogP contribution in [0, 0.1) is 0 Å². The van der Waals surface area contributed by atoms with Gasteiger partial charge in [0.1, 0.15) is 0 Å². The third kappa shape index (κ3) is 1.81. The molecule has 0 aromatic rings. The molecule has 3 heteroatoms. The van der Waals surface area contributed by atoms with Crippen molar-refractivity contribution in [1.82, 2.24) is 5.06 Å². The van der Waals surface area contributed by atoms with Gasteiger partial charge in [0.15, 0.2) is 0 Å². The molecule has 0 aromatic heterocycles. The normalized spacial score (nSPS) is 20.3. The van der Waals surface area contributed by atoms with Crippen LogP contribution in [0.1, 0.15) is 19.3 Å². The summed E-state index contributed by atoms with van der Waals surface area (Å²) >= 11 is 5.42. The van der Waals surface area contributed by atoms with Crippen molar-refractivity contribution in [2.75, 3.05) is 12.4 Å². The van der Waals surface area contributed by atoms with Crippen LogP contribution in [0.2, 0.25) is 0 Å². The molecule has 1 fully saturated rings. The Morgan fingerprint density at radius 2 is 2.22 bits per heavy atom. The predicted octanol–water partition coefficient (Wildman–Crippen LogP) is 1.47. The summed E-state index contributed by atoms with van der Waals surface area (Å²) in [4.78, 5) is 0. The van der Waals surface area contributed by atoms with Gasteiger partial charge in [-0.1, -0.05) is 6.42 Å². The molecule has 1 aliphatic carbocycles. The van der Waals surface area contributed by atoms with Gasteiger partial charge in [-0.15, -0.1) is 11.6 Å². The van der Waals surface area contributed by atoms with Crippen molar-refractivity contribution in [1.29, 1.82) is 0 Å². The Morgan fingerprint density at radius 3 is 2.56 bits per heavy atom. The van der Waals surface area contributed by atoms with E-state index in [-0.39, 0.29) is 0 Å². The zero-order chi connectivity index (χ0) is 6.69. The van der Waals surface area contributed by atoms with E-state index >= 15 is 0 Å². The van der Waals surface area contributed by atoms with E-state index in [4.69, 9.17) is 16.8 Å². The highest BCUT2D eigenvalue weighted by molar-refractivity contribution is 6.18. The lowest BCUT2D eigenvalue weighted by atomic mass is 9.93. The van der Waals surface area contributed by atoms with Crippen LogP contribution in [0.3, 0.4) is 0 Å². The number of alkyl halides is 1. The lowest BCUT2D eigenvalue weighted by Gasteiger charge is -2.32. The van der Waals surface area contributed by atoms with Crippen LogP contribution in [0.5, 0.6) is 0 Å². The quantitative estimate of drug-likeness (QED) is 0.485. The summed E-state index contributed by atoms with van der Waals surface area (Å²) in [5.74, 6) is 0.521. The van der Waals surface area contributed by atoms with Gasteiger partial charge < -0.3 is 5.21 Å². The topological polar surface area (TPSA) is 23.5 Å². The van der Waals surface area contributed by atoms with E-state index in [2.05, 4.69) is 0 Å². The van der Waals surface area contributed by atoms with Crippen molar-refractivity contribution < 1.29 is 5.21 Å². The third-order valence-electron chi connectivity index (χ3n) is 1.81. The molecule has 1 N–H and O–H groups in total. The summed E-state index contributed by atoms with van der Waals surface area (Å²) in [5.41, 5.74) is 0. The van der Waals surface area contributed by atoms with Gasteiger partial charge in [0, 0.05) is 18.5 Å². The summed E-state index contributed by atoms with van der Waals surface area (Å²) in [6.07, 6.45) is 3.52. The van der Waals surface area contributed by atoms with Crippen LogP contribution in [0.4, 0.5) is 0 Å². The summed E-state index contributed by atoms with van der Waals surface area (Å²) in [7, 11) is 0. The van der Waals surface area contributed by atoms with Crippen LogP contribution >= 0.6 is 11.6 Å². The number of hydrogen-bond donors (Lipinski definition) is 1. The van der Waals surface area contributed by atoms with E-state index in [9.17, 15) is 0 Å². The molecule has 1 aliphatic rings. The van der Waals surface area contributed by atoms with E-state index in [1.807, 2.05) is 0 Å². The lowest BCUT2D eigenvalue weighted by molar-refractivity contribution is -0.142. The highest BCUT2D eigenvalue weighted by Gasteiger charge is 2.22. The van der Waals surface area contributed by atoms with Crippen molar-refractivity contribution in [3.63, 3.8) is 0 Å². The molecule has 0 heterocycles. The lowest BCUT2D eigenvalue weighted by Crippen LogP contribution is -2.38. The van der Waals surface area contributed by atoms with Gasteiger partial charge in [-0.25, -0.2) is 0 Å². The first-order valence-corrected chi connectivity index (χ1v) is 3.89. The van der Waals surface area contributed by atoms with Crippen LogP contribution in [-0.4, -0.2) is 28.7 Å². The molecule has 0 aliphatic heterocycles. The smallest absolute Gasteiger partial charge is 0.0377 e. The summed E-state index contributed by atoms with van der Waals surface area (Å²) < 4.78 is 0. The standard InChI is InChI=1S/C6H12ClNO/c7-4-5-8(9)6-2-1-3-6/h6,9H,1-5H2. The van der Waals surface area contributed by atoms with Crippen LogP contribution in [-0.2, 0) is 0 Å². The second-order valence-electron chi connectivity index (χ2n) is 2.44. The van der Waals surface area contributed by atoms with Crippen molar-refractivity contribution in [2.24, 2.45) is 0 Å². The molecule has 0 saturated heterocycles. The Kier molecular flexibility index (Phi) is 2.76. The monoisotopic (exact) mass is 149 g/mol. The SMILES string of the molecule is ON(CCCl)C1CCC1. The average Bonchev–Trinajstić information content (AvgIpc) is 1.60. The minimum atomic E-state index is 0.406. The molecule has 0 aromatic carbocycles. The van der Waals surface area contributed by atoms with E-state index in [0.717, 1.165) is 12.8 Å². The second-order valence-corrected chi connectivity index (χ2v) is 2.81. The first-order chi connectivity index (χ1) is 4.34. The molecule has 0 atom stereocenters. The number of halogens is 1. The molecule has 9 heavy (non-hydrogen) atoms. The van der Waals surface area contributed by atoms with Crippen LogP contribution in [0.15, 0.2) is 0 Å². The van der Waals surface area contributed by atoms with E-state index in [1.54, 1.807) is 0 Å². The minimum Gasteiger partial charge on any atom is -0.314 e. The molecule has 0 spiro atoms. The molecular weight excluding hydrogens is 138 g/mol. The molecule has 1 rings (SSSR count). The zero-order valence-corrected chi connectivity index (χ0v) is 6.14. The molecule has 0 unspecified atom stereocenters. The molecule has 0 radical (unpaired) electrons. The van der Waals surface area contributed by atoms with Gasteiger partial charge in [0.05, 0.1) is 0 Å². The van der Waals surface area contributed by atoms with Crippen LogP contribution < -0.4 is 0 Å². The average molecular weight is 150 g/mol. The zero-order valence-electron chi connectivity index (χ0n) is 5.39. The van der Waals surface area contributed by atoms with Gasteiger partial charge in [0.2, 0.25) is 0 Å². The van der Waals surface area contributed by atoms with Crippen molar-refractivity contribution in [2.45, 2.75) is 25.3 Å². The second kappa shape index (κ2) is 3.40. The fraction of sp³-hybridized carbons (Fsp3) is 1.00. The molecular formula is C6H12ClNO. The first kappa shape index (κ1) is 7.32. The Hall–Kier alpha value is 0.210. The number of hydroxylamine groups is 2. The number of rotatable bonds is 3. The van der Waals surface area contributed by atoms with Crippen molar-refractivity contribution >= 4 is 11.6 Å². The fourth-order valence-electron chi connectivity index (χ4n) is 0.954. The maximum Gasteiger partial charge on any atom is 0.0377 e. The van der Waals surface area contributed by atoms with Crippen molar-refractivity contribution in [3.05, 3.63) is 0 Å². The predicted molar refractivity (Wildman–Crippen MR) is 36.9 cm³/mol. The van der Waals surface area contributed by atoms with E-state index in [0.29, 0.717) is 18.5 Å². The van der Waals surface area contributed by atoms with Crippen LogP contribution in [0.25, 0.3) is 0 Å². The Bertz CT molecular complexity index is 85.1. The Labute approximate surface area is 60.4 Å². The molecule has 0 amide bonds. The van der Waals surface area contributed by atoms with Gasteiger partial charge in [-0.3, -0.25) is 0 Å². The van der Waals surface area contributed by atoms with E-state index < -0.39 is 0 Å². The van der Waals surface area contributed by atoms with Gasteiger partial charge in [0.25, 0.3) is 0 Å². The van der Waals surface area contributed by atoms with E-state index in [1.165, 1.54) is 11.5 Å². The highest BCUT2D eigenvalue weighted by Crippen LogP contribution is 2.22. The fourth-order valence-corrected chi connectivity index (χ4v) is 1.13. The molecule has 54 valence electrons. The van der Waals surface area contributed by atoms with Gasteiger partial charge >= 0.3 is 0 Å². The van der Waals surface area contributed by atoms with Crippen molar-refractivity contribution in [3.8, 4) is 0 Å². The summed E-state index contributed by atoms with van der Waals surface area (Å²) in [6, 6.07) is 0.406. The number of nitrogens with zero attached hydrogens (tertiary/aromatic N) is 1. The van der Waals surface area contributed by atoms with Gasteiger partial charge in [-0.2, -0.15) is 5.06 Å². The maximum atomic E-state index is 9.12. The summed E-state index contributed by atoms with van der Waals surface area (Å²) in [5, 5.41) is 10.5. The summed E-state index contributed by atoms with van der Waals surface area (Å²) in [6.45, 7) is 0.603. The third-order valence-corrected chi connectivity index (χ3v) is 1.98. The van der Waals surface area contributed by atoms with Gasteiger partial charge in [-0.05, 0) is 12.8 Å². The molecule has 0 bridgehead atoms. The maximum absolute atomic E-state index is 9.12. The molecule has 2 nitrogen and oxygen atoms in total. The Balaban J connectivity index is 2.08. The molecule has 1 saturated carbocycles.